The van der Waals surface area contributed by atoms with Crippen molar-refractivity contribution >= 4 is 5.78 Å². The van der Waals surface area contributed by atoms with Crippen LogP contribution in [-0.2, 0) is 10.2 Å². The minimum Gasteiger partial charge on any atom is -0.316 e. The first-order chi connectivity index (χ1) is 8.42. The lowest BCUT2D eigenvalue weighted by molar-refractivity contribution is -0.117. The highest BCUT2D eigenvalue weighted by molar-refractivity contribution is 5.75. The molecule has 1 N–H and O–H groups in total. The molecule has 2 nitrogen and oxygen atoms in total. The lowest BCUT2D eigenvalue weighted by atomic mass is 9.84. The first-order valence-corrected chi connectivity index (χ1v) is 6.38. The molecular weight excluding hydrogens is 229 g/mol. The molecule has 0 bridgehead atoms. The van der Waals surface area contributed by atoms with Crippen molar-refractivity contribution in [3.05, 3.63) is 35.6 Å². The van der Waals surface area contributed by atoms with E-state index < -0.39 is 0 Å². The molecule has 0 fully saturated rings. The molecule has 0 aliphatic heterocycles. The first-order valence-electron chi connectivity index (χ1n) is 6.38. The molecule has 1 aromatic rings. The summed E-state index contributed by atoms with van der Waals surface area (Å²) in [5.74, 6) is 0.0264. The number of carbonyl (C=O) groups is 1. The summed E-state index contributed by atoms with van der Waals surface area (Å²) in [4.78, 5) is 10.8. The fourth-order valence-corrected chi connectivity index (χ4v) is 1.87. The van der Waals surface area contributed by atoms with Crippen LogP contribution in [0, 0.1) is 5.82 Å². The quantitative estimate of drug-likeness (QED) is 0.755. The Morgan fingerprint density at radius 3 is 2.44 bits per heavy atom. The van der Waals surface area contributed by atoms with E-state index in [1.54, 1.807) is 6.92 Å². The maximum atomic E-state index is 12.9. The van der Waals surface area contributed by atoms with Crippen LogP contribution in [0.25, 0.3) is 0 Å². The number of nitrogens with one attached hydrogen (secondary N) is 1. The third kappa shape index (κ3) is 4.96. The Kier molecular flexibility index (Phi) is 5.48. The average molecular weight is 251 g/mol. The van der Waals surface area contributed by atoms with Crippen LogP contribution >= 0.6 is 0 Å². The average Bonchev–Trinajstić information content (AvgIpc) is 2.28. The Morgan fingerprint density at radius 1 is 1.28 bits per heavy atom. The van der Waals surface area contributed by atoms with E-state index in [1.165, 1.54) is 12.1 Å². The maximum absolute atomic E-state index is 12.9. The third-order valence-corrected chi connectivity index (χ3v) is 3.08. The van der Waals surface area contributed by atoms with Gasteiger partial charge in [0.2, 0.25) is 0 Å². The van der Waals surface area contributed by atoms with Gasteiger partial charge in [-0.1, -0.05) is 26.0 Å². The van der Waals surface area contributed by atoms with Crippen LogP contribution in [0.15, 0.2) is 24.3 Å². The number of hydrogen-bond donors (Lipinski definition) is 1. The Morgan fingerprint density at radius 2 is 1.89 bits per heavy atom. The van der Waals surface area contributed by atoms with Crippen molar-refractivity contribution in [2.75, 3.05) is 13.1 Å². The van der Waals surface area contributed by atoms with Gasteiger partial charge in [0.1, 0.15) is 11.6 Å². The first kappa shape index (κ1) is 14.8. The van der Waals surface area contributed by atoms with E-state index in [1.807, 2.05) is 12.1 Å². The van der Waals surface area contributed by atoms with Crippen LogP contribution in [0.2, 0.25) is 0 Å². The molecule has 0 aliphatic carbocycles. The second-order valence-electron chi connectivity index (χ2n) is 5.37. The standard InChI is InChI=1S/C15H22FNO/c1-12(18)5-4-10-17-11-15(2,3)13-6-8-14(16)9-7-13/h6-9,17H,4-5,10-11H2,1-3H3. The SMILES string of the molecule is CC(=O)CCCNCC(C)(C)c1ccc(F)cc1. The van der Waals surface area contributed by atoms with Crippen molar-refractivity contribution in [1.82, 2.24) is 5.32 Å². The number of hydrogen-bond acceptors (Lipinski definition) is 2. The number of carbonyl (C=O) groups excluding carboxylic acids is 1. The lowest BCUT2D eigenvalue weighted by Gasteiger charge is -2.25. The molecule has 0 amide bonds. The van der Waals surface area contributed by atoms with Gasteiger partial charge in [0.25, 0.3) is 0 Å². The number of benzene rings is 1. The molecule has 0 radical (unpaired) electrons. The summed E-state index contributed by atoms with van der Waals surface area (Å²) < 4.78 is 12.9. The normalized spacial score (nSPS) is 11.6. The summed E-state index contributed by atoms with van der Waals surface area (Å²) in [6.45, 7) is 7.51. The molecule has 0 unspecified atom stereocenters. The van der Waals surface area contributed by atoms with Gasteiger partial charge in [-0.2, -0.15) is 0 Å². The number of Topliss-reactive ketones (excluding diaryl/α,β-unsaturated/α-hetero) is 1. The molecule has 18 heavy (non-hydrogen) atoms. The van der Waals surface area contributed by atoms with Crippen molar-refractivity contribution in [3.63, 3.8) is 0 Å². The van der Waals surface area contributed by atoms with Crippen LogP contribution in [-0.4, -0.2) is 18.9 Å². The second-order valence-corrected chi connectivity index (χ2v) is 5.37. The zero-order valence-corrected chi connectivity index (χ0v) is 11.4. The van der Waals surface area contributed by atoms with Crippen LogP contribution in [0.5, 0.6) is 0 Å². The van der Waals surface area contributed by atoms with Crippen molar-refractivity contribution in [2.45, 2.75) is 39.0 Å². The monoisotopic (exact) mass is 251 g/mol. The van der Waals surface area contributed by atoms with Crippen molar-refractivity contribution in [3.8, 4) is 0 Å². The molecule has 3 heteroatoms. The second kappa shape index (κ2) is 6.64. The molecular formula is C15H22FNO. The topological polar surface area (TPSA) is 29.1 Å². The minimum atomic E-state index is -0.205. The van der Waals surface area contributed by atoms with Gasteiger partial charge in [-0.05, 0) is 37.6 Å². The van der Waals surface area contributed by atoms with Crippen LogP contribution in [0.1, 0.15) is 39.2 Å². The van der Waals surface area contributed by atoms with E-state index in [9.17, 15) is 9.18 Å². The van der Waals surface area contributed by atoms with Gasteiger partial charge in [-0.25, -0.2) is 4.39 Å². The maximum Gasteiger partial charge on any atom is 0.129 e. The van der Waals surface area contributed by atoms with E-state index in [-0.39, 0.29) is 17.0 Å². The fourth-order valence-electron chi connectivity index (χ4n) is 1.87. The van der Waals surface area contributed by atoms with Crippen molar-refractivity contribution in [2.24, 2.45) is 0 Å². The summed E-state index contributed by atoms with van der Waals surface area (Å²) in [5, 5.41) is 3.35. The fraction of sp³-hybridized carbons (Fsp3) is 0.533. The molecule has 100 valence electrons. The summed E-state index contributed by atoms with van der Waals surface area (Å²) in [6, 6.07) is 6.64. The third-order valence-electron chi connectivity index (χ3n) is 3.08. The molecule has 1 rings (SSSR count). The highest BCUT2D eigenvalue weighted by atomic mass is 19.1. The van der Waals surface area contributed by atoms with E-state index in [4.69, 9.17) is 0 Å². The van der Waals surface area contributed by atoms with Crippen molar-refractivity contribution in [1.29, 1.82) is 0 Å². The number of ketones is 1. The van der Waals surface area contributed by atoms with Gasteiger partial charge in [-0.3, -0.25) is 0 Å². The molecule has 0 atom stereocenters. The molecule has 0 heterocycles. The van der Waals surface area contributed by atoms with Crippen LogP contribution in [0.4, 0.5) is 4.39 Å². The highest BCUT2D eigenvalue weighted by Gasteiger charge is 2.19. The van der Waals surface area contributed by atoms with E-state index >= 15 is 0 Å². The molecule has 0 aromatic heterocycles. The summed E-state index contributed by atoms with van der Waals surface area (Å²) >= 11 is 0. The zero-order valence-electron chi connectivity index (χ0n) is 11.4. The van der Waals surface area contributed by atoms with Crippen LogP contribution in [0.3, 0.4) is 0 Å². The Bertz CT molecular complexity index is 384. The van der Waals surface area contributed by atoms with E-state index in [2.05, 4.69) is 19.2 Å². The van der Waals surface area contributed by atoms with E-state index in [0.717, 1.165) is 25.1 Å². The van der Waals surface area contributed by atoms with Crippen LogP contribution < -0.4 is 5.32 Å². The van der Waals surface area contributed by atoms with Gasteiger partial charge in [-0.15, -0.1) is 0 Å². The van der Waals surface area contributed by atoms with Crippen molar-refractivity contribution < 1.29 is 9.18 Å². The van der Waals surface area contributed by atoms with Gasteiger partial charge < -0.3 is 10.1 Å². The summed E-state index contributed by atoms with van der Waals surface area (Å²) in [6.07, 6.45) is 1.50. The predicted molar refractivity (Wildman–Crippen MR) is 72.2 cm³/mol. The summed E-state index contributed by atoms with van der Waals surface area (Å²) in [5.41, 5.74) is 1.08. The molecule has 0 aliphatic rings. The van der Waals surface area contributed by atoms with Gasteiger partial charge in [0.05, 0.1) is 0 Å². The highest BCUT2D eigenvalue weighted by Crippen LogP contribution is 2.22. The minimum absolute atomic E-state index is 0.0378. The Hall–Kier alpha value is -1.22. The van der Waals surface area contributed by atoms with Gasteiger partial charge in [0, 0.05) is 18.4 Å². The van der Waals surface area contributed by atoms with Gasteiger partial charge >= 0.3 is 0 Å². The number of rotatable bonds is 7. The largest absolute Gasteiger partial charge is 0.316 e. The predicted octanol–water partition coefficient (Wildman–Crippen LogP) is 3.06. The Labute approximate surface area is 109 Å². The zero-order chi connectivity index (χ0) is 13.6. The molecule has 1 aromatic carbocycles. The van der Waals surface area contributed by atoms with E-state index in [0.29, 0.717) is 6.42 Å². The molecule has 0 saturated carbocycles. The number of halogens is 1. The van der Waals surface area contributed by atoms with Gasteiger partial charge in [0.15, 0.2) is 0 Å². The molecule has 0 saturated heterocycles. The lowest BCUT2D eigenvalue weighted by Crippen LogP contribution is -2.33. The molecule has 0 spiro atoms. The summed E-state index contributed by atoms with van der Waals surface area (Å²) in [7, 11) is 0. The smallest absolute Gasteiger partial charge is 0.129 e. The Balaban J connectivity index is 2.39.